The van der Waals surface area contributed by atoms with Crippen LogP contribution in [-0.2, 0) is 6.42 Å². The number of anilines is 1. The van der Waals surface area contributed by atoms with Crippen LogP contribution in [0.15, 0.2) is 54.6 Å². The molecule has 1 unspecified atom stereocenters. The van der Waals surface area contributed by atoms with Crippen LogP contribution >= 0.6 is 23.2 Å². The molecule has 4 aromatic rings. The van der Waals surface area contributed by atoms with Gasteiger partial charge < -0.3 is 14.8 Å². The van der Waals surface area contributed by atoms with E-state index < -0.39 is 12.2 Å². The van der Waals surface area contributed by atoms with Crippen LogP contribution < -0.4 is 10.1 Å². The zero-order chi connectivity index (χ0) is 22.2. The van der Waals surface area contributed by atoms with Crippen LogP contribution in [0.3, 0.4) is 0 Å². The van der Waals surface area contributed by atoms with E-state index in [0.717, 1.165) is 30.4 Å². The van der Waals surface area contributed by atoms with E-state index in [0.29, 0.717) is 43.9 Å². The fourth-order valence-electron chi connectivity index (χ4n) is 4.00. The number of hydrogen-bond acceptors (Lipinski definition) is 4. The minimum Gasteiger partial charge on any atom is -0.410 e. The minimum atomic E-state index is -0.622. The van der Waals surface area contributed by atoms with E-state index in [1.807, 2.05) is 12.1 Å². The number of carbonyl (C=O) groups excluding carboxylic acids is 1. The monoisotopic (exact) mass is 467 g/mol. The largest absolute Gasteiger partial charge is 0.417 e. The van der Waals surface area contributed by atoms with Gasteiger partial charge in [-0.05, 0) is 66.8 Å². The Labute approximate surface area is 194 Å². The van der Waals surface area contributed by atoms with Crippen molar-refractivity contribution in [1.29, 1.82) is 0 Å². The van der Waals surface area contributed by atoms with Gasteiger partial charge >= 0.3 is 6.09 Å². The smallest absolute Gasteiger partial charge is 0.410 e. The van der Waals surface area contributed by atoms with Gasteiger partial charge in [-0.1, -0.05) is 35.3 Å². The summed E-state index contributed by atoms with van der Waals surface area (Å²) in [6.07, 6.45) is 1.50. The first-order valence-corrected chi connectivity index (χ1v) is 11.0. The number of ether oxygens (including phenoxy) is 1. The van der Waals surface area contributed by atoms with Crippen molar-refractivity contribution in [2.75, 3.05) is 5.32 Å². The quantitative estimate of drug-likeness (QED) is 0.320. The molecule has 1 atom stereocenters. The number of nitrogens with one attached hydrogen (secondary N) is 2. The molecule has 8 heteroatoms. The van der Waals surface area contributed by atoms with Gasteiger partial charge in [0.15, 0.2) is 0 Å². The van der Waals surface area contributed by atoms with Gasteiger partial charge in [-0.25, -0.2) is 9.78 Å². The summed E-state index contributed by atoms with van der Waals surface area (Å²) in [5.41, 5.74) is 4.53. The van der Waals surface area contributed by atoms with Gasteiger partial charge in [0.1, 0.15) is 11.6 Å². The van der Waals surface area contributed by atoms with E-state index in [4.69, 9.17) is 27.9 Å². The van der Waals surface area contributed by atoms with Crippen molar-refractivity contribution in [3.05, 3.63) is 75.8 Å². The summed E-state index contributed by atoms with van der Waals surface area (Å²) < 4.78 is 5.45. The van der Waals surface area contributed by atoms with E-state index in [1.54, 1.807) is 42.5 Å². The van der Waals surface area contributed by atoms with Crippen molar-refractivity contribution in [3.8, 4) is 17.1 Å². The van der Waals surface area contributed by atoms with Crippen LogP contribution in [-0.4, -0.2) is 21.2 Å². The summed E-state index contributed by atoms with van der Waals surface area (Å²) in [5.74, 6) is 0.887. The Morgan fingerprint density at radius 3 is 2.75 bits per heavy atom. The second-order valence-electron chi connectivity index (χ2n) is 7.70. The molecular weight excluding hydrogens is 449 g/mol. The van der Waals surface area contributed by atoms with E-state index in [2.05, 4.69) is 15.3 Å². The highest BCUT2D eigenvalue weighted by atomic mass is 35.5. The predicted molar refractivity (Wildman–Crippen MR) is 126 cm³/mol. The number of aliphatic hydroxyl groups excluding tert-OH is 1. The fourth-order valence-corrected chi connectivity index (χ4v) is 4.57. The second-order valence-corrected chi connectivity index (χ2v) is 8.51. The first kappa shape index (κ1) is 20.8. The zero-order valence-electron chi connectivity index (χ0n) is 16.9. The van der Waals surface area contributed by atoms with Gasteiger partial charge in [0.05, 0.1) is 32.7 Å². The highest BCUT2D eigenvalue weighted by molar-refractivity contribution is 6.39. The molecule has 32 heavy (non-hydrogen) atoms. The number of aromatic nitrogens is 2. The van der Waals surface area contributed by atoms with Gasteiger partial charge in [0, 0.05) is 11.8 Å². The third-order valence-corrected chi connectivity index (χ3v) is 6.17. The fraction of sp³-hybridized carbons (Fsp3) is 0.167. The molecule has 1 aliphatic carbocycles. The number of nitrogens with zero attached hydrogens (tertiary/aromatic N) is 1. The molecule has 0 radical (unpaired) electrons. The van der Waals surface area contributed by atoms with Crippen LogP contribution in [0.5, 0.6) is 5.75 Å². The maximum Gasteiger partial charge on any atom is 0.417 e. The van der Waals surface area contributed by atoms with E-state index in [1.165, 1.54) is 0 Å². The Balaban J connectivity index is 1.34. The number of benzene rings is 3. The lowest BCUT2D eigenvalue weighted by molar-refractivity contribution is 0.156. The maximum absolute atomic E-state index is 12.4. The summed E-state index contributed by atoms with van der Waals surface area (Å²) in [5, 5.41) is 13.9. The van der Waals surface area contributed by atoms with Crippen LogP contribution in [0.2, 0.25) is 10.0 Å². The van der Waals surface area contributed by atoms with Crippen molar-refractivity contribution < 1.29 is 14.6 Å². The van der Waals surface area contributed by atoms with Crippen molar-refractivity contribution in [3.63, 3.8) is 0 Å². The lowest BCUT2D eigenvalue weighted by Crippen LogP contribution is -2.17. The van der Waals surface area contributed by atoms with E-state index in [9.17, 15) is 9.90 Å². The maximum atomic E-state index is 12.4. The SMILES string of the molecule is O=C(Nc1ccc2c(c1)C(O)CCC2)Oc1ccc2nc(-c3c(Cl)cccc3Cl)[nH]c2c1. The van der Waals surface area contributed by atoms with E-state index in [-0.39, 0.29) is 0 Å². The molecule has 0 saturated heterocycles. The standard InChI is InChI=1S/C24H19Cl2N3O3/c25-17-4-2-5-18(26)22(17)23-28-19-10-9-15(12-20(19)29-23)32-24(31)27-14-8-7-13-3-1-6-21(30)16(13)11-14/h2,4-5,7-12,21,30H,1,3,6H2,(H,27,31)(H,28,29). The molecular formula is C24H19Cl2N3O3. The summed E-state index contributed by atoms with van der Waals surface area (Å²) in [6.45, 7) is 0. The number of halogens is 2. The second kappa shape index (κ2) is 8.47. The van der Waals surface area contributed by atoms with Gasteiger partial charge in [0.2, 0.25) is 0 Å². The molecule has 1 heterocycles. The molecule has 0 spiro atoms. The molecule has 0 saturated carbocycles. The third kappa shape index (κ3) is 4.05. The predicted octanol–water partition coefficient (Wildman–Crippen LogP) is 6.52. The van der Waals surface area contributed by atoms with Crippen molar-refractivity contribution in [2.45, 2.75) is 25.4 Å². The number of H-pyrrole nitrogens is 1. The Hall–Kier alpha value is -3.06. The molecule has 3 N–H and O–H groups in total. The molecule has 6 nitrogen and oxygen atoms in total. The Morgan fingerprint density at radius 2 is 1.94 bits per heavy atom. The summed E-state index contributed by atoms with van der Waals surface area (Å²) in [4.78, 5) is 20.1. The molecule has 5 rings (SSSR count). The molecule has 1 amide bonds. The Morgan fingerprint density at radius 1 is 1.12 bits per heavy atom. The van der Waals surface area contributed by atoms with Crippen LogP contribution in [0, 0.1) is 0 Å². The average molecular weight is 468 g/mol. The molecule has 3 aromatic carbocycles. The Bertz CT molecular complexity index is 1320. The normalized spacial score (nSPS) is 15.4. The van der Waals surface area contributed by atoms with Crippen LogP contribution in [0.1, 0.15) is 30.1 Å². The number of aryl methyl sites for hydroxylation is 1. The number of hydrogen-bond donors (Lipinski definition) is 3. The molecule has 162 valence electrons. The summed E-state index contributed by atoms with van der Waals surface area (Å²) in [7, 11) is 0. The van der Waals surface area contributed by atoms with Crippen molar-refractivity contribution in [2.24, 2.45) is 0 Å². The average Bonchev–Trinajstić information content (AvgIpc) is 3.17. The van der Waals surface area contributed by atoms with Gasteiger partial charge in [0.25, 0.3) is 0 Å². The van der Waals surface area contributed by atoms with Crippen LogP contribution in [0.4, 0.5) is 10.5 Å². The highest BCUT2D eigenvalue weighted by Crippen LogP contribution is 2.35. The number of aromatic amines is 1. The van der Waals surface area contributed by atoms with Gasteiger partial charge in [-0.15, -0.1) is 0 Å². The number of amides is 1. The summed E-state index contributed by atoms with van der Waals surface area (Å²) >= 11 is 12.6. The first-order chi connectivity index (χ1) is 15.5. The number of aliphatic hydroxyl groups is 1. The minimum absolute atomic E-state index is 0.355. The topological polar surface area (TPSA) is 87.2 Å². The molecule has 1 aromatic heterocycles. The summed E-state index contributed by atoms with van der Waals surface area (Å²) in [6, 6.07) is 15.9. The van der Waals surface area contributed by atoms with Gasteiger partial charge in [-0.3, -0.25) is 5.32 Å². The number of imidazole rings is 1. The highest BCUT2D eigenvalue weighted by Gasteiger charge is 2.19. The molecule has 0 aliphatic heterocycles. The van der Waals surface area contributed by atoms with E-state index >= 15 is 0 Å². The lowest BCUT2D eigenvalue weighted by Gasteiger charge is -2.22. The first-order valence-electron chi connectivity index (χ1n) is 10.2. The number of rotatable bonds is 3. The molecule has 0 fully saturated rings. The molecule has 0 bridgehead atoms. The lowest BCUT2D eigenvalue weighted by atomic mass is 9.89. The number of fused-ring (bicyclic) bond motifs is 2. The number of carbonyl (C=O) groups is 1. The van der Waals surface area contributed by atoms with Crippen molar-refractivity contribution in [1.82, 2.24) is 9.97 Å². The van der Waals surface area contributed by atoms with Crippen molar-refractivity contribution >= 4 is 46.0 Å². The van der Waals surface area contributed by atoms with Crippen LogP contribution in [0.25, 0.3) is 22.4 Å². The third-order valence-electron chi connectivity index (χ3n) is 5.54. The molecule has 1 aliphatic rings. The zero-order valence-corrected chi connectivity index (χ0v) is 18.4. The van der Waals surface area contributed by atoms with Gasteiger partial charge in [-0.2, -0.15) is 0 Å². The Kier molecular flexibility index (Phi) is 5.51.